The third-order valence-electron chi connectivity index (χ3n) is 4.77. The van der Waals surface area contributed by atoms with Crippen molar-refractivity contribution < 1.29 is 17.9 Å². The summed E-state index contributed by atoms with van der Waals surface area (Å²) in [6, 6.07) is 0.0896. The minimum absolute atomic E-state index is 0.0896. The van der Waals surface area contributed by atoms with E-state index in [1.54, 1.807) is 18.5 Å². The van der Waals surface area contributed by atoms with Gasteiger partial charge in [-0.1, -0.05) is 0 Å². The van der Waals surface area contributed by atoms with E-state index in [9.17, 15) is 8.42 Å². The fraction of sp³-hybridized carbons (Fsp3) is 0.611. The summed E-state index contributed by atoms with van der Waals surface area (Å²) >= 11 is 0. The lowest BCUT2D eigenvalue weighted by atomic mass is 10.1. The van der Waals surface area contributed by atoms with Crippen LogP contribution in [0, 0.1) is 13.8 Å². The quantitative estimate of drug-likeness (QED) is 0.720. The molecule has 0 N–H and O–H groups in total. The van der Waals surface area contributed by atoms with Gasteiger partial charge in [-0.15, -0.1) is 0 Å². The lowest BCUT2D eigenvalue weighted by Gasteiger charge is -2.31. The van der Waals surface area contributed by atoms with E-state index in [2.05, 4.69) is 15.1 Å². The molecule has 9 nitrogen and oxygen atoms in total. The first-order valence-corrected chi connectivity index (χ1v) is 10.8. The van der Waals surface area contributed by atoms with Gasteiger partial charge < -0.3 is 9.47 Å². The van der Waals surface area contributed by atoms with Crippen molar-refractivity contribution in [3.63, 3.8) is 0 Å². The van der Waals surface area contributed by atoms with Crippen LogP contribution in [0.15, 0.2) is 17.3 Å². The van der Waals surface area contributed by atoms with E-state index in [4.69, 9.17) is 9.47 Å². The number of methoxy groups -OCH3 is 1. The maximum atomic E-state index is 13.3. The minimum atomic E-state index is -3.66. The highest BCUT2D eigenvalue weighted by Crippen LogP contribution is 2.28. The molecule has 1 fully saturated rings. The molecule has 2 aromatic rings. The van der Waals surface area contributed by atoms with Gasteiger partial charge in [0.25, 0.3) is 0 Å². The first kappa shape index (κ1) is 20.5. The molecule has 1 unspecified atom stereocenters. The smallest absolute Gasteiger partial charge is 0.246 e. The van der Waals surface area contributed by atoms with E-state index in [0.29, 0.717) is 41.0 Å². The Morgan fingerprint density at radius 2 is 1.93 bits per heavy atom. The second-order valence-electron chi connectivity index (χ2n) is 7.18. The summed E-state index contributed by atoms with van der Waals surface area (Å²) in [6.45, 7) is 8.22. The van der Waals surface area contributed by atoms with Gasteiger partial charge in [-0.2, -0.15) is 14.4 Å². The van der Waals surface area contributed by atoms with Crippen molar-refractivity contribution >= 4 is 10.0 Å². The summed E-state index contributed by atoms with van der Waals surface area (Å²) < 4.78 is 40.8. The zero-order valence-corrected chi connectivity index (χ0v) is 17.7. The third-order valence-corrected chi connectivity index (χ3v) is 6.89. The van der Waals surface area contributed by atoms with Crippen molar-refractivity contribution in [2.45, 2.75) is 57.6 Å². The van der Waals surface area contributed by atoms with Crippen molar-refractivity contribution in [1.82, 2.24) is 24.1 Å². The molecular weight excluding hydrogens is 382 g/mol. The number of rotatable bonds is 6. The van der Waals surface area contributed by atoms with Gasteiger partial charge in [-0.25, -0.2) is 8.42 Å². The van der Waals surface area contributed by atoms with Crippen LogP contribution in [0.1, 0.15) is 44.1 Å². The molecular formula is C18H27N5O4S. The number of aromatic nitrogens is 4. The van der Waals surface area contributed by atoms with Gasteiger partial charge in [0.2, 0.25) is 21.8 Å². The molecule has 0 radical (unpaired) electrons. The number of ether oxygens (including phenoxy) is 2. The normalized spacial score (nSPS) is 18.4. The first-order valence-electron chi connectivity index (χ1n) is 9.32. The minimum Gasteiger partial charge on any atom is -0.480 e. The van der Waals surface area contributed by atoms with Gasteiger partial charge in [-0.05, 0) is 40.5 Å². The molecule has 154 valence electrons. The summed E-state index contributed by atoms with van der Waals surface area (Å²) in [5.41, 5.74) is 1.18. The Labute approximate surface area is 165 Å². The van der Waals surface area contributed by atoms with Gasteiger partial charge in [0.05, 0.1) is 37.4 Å². The van der Waals surface area contributed by atoms with Crippen molar-refractivity contribution in [2.75, 3.05) is 20.2 Å². The molecule has 3 rings (SSSR count). The molecule has 3 heterocycles. The van der Waals surface area contributed by atoms with E-state index >= 15 is 0 Å². The van der Waals surface area contributed by atoms with Crippen LogP contribution in [0.25, 0.3) is 0 Å². The largest absolute Gasteiger partial charge is 0.480 e. The van der Waals surface area contributed by atoms with Crippen LogP contribution in [-0.2, 0) is 10.0 Å². The molecule has 10 heteroatoms. The van der Waals surface area contributed by atoms with Gasteiger partial charge in [0, 0.05) is 12.6 Å². The van der Waals surface area contributed by atoms with Gasteiger partial charge >= 0.3 is 0 Å². The van der Waals surface area contributed by atoms with Crippen molar-refractivity contribution in [3.8, 4) is 11.8 Å². The predicted octanol–water partition coefficient (Wildman–Crippen LogP) is 2.11. The van der Waals surface area contributed by atoms with Crippen LogP contribution >= 0.6 is 0 Å². The van der Waals surface area contributed by atoms with Gasteiger partial charge in [-0.3, -0.25) is 9.67 Å². The Kier molecular flexibility index (Phi) is 5.90. The Hall–Kier alpha value is -2.20. The van der Waals surface area contributed by atoms with Gasteiger partial charge in [0.15, 0.2) is 0 Å². The molecule has 28 heavy (non-hydrogen) atoms. The zero-order chi connectivity index (χ0) is 20.5. The van der Waals surface area contributed by atoms with Crippen LogP contribution in [0.4, 0.5) is 0 Å². The Morgan fingerprint density at radius 3 is 2.57 bits per heavy atom. The number of aryl methyl sites for hydroxylation is 1. The fourth-order valence-corrected chi connectivity index (χ4v) is 5.40. The maximum Gasteiger partial charge on any atom is 0.246 e. The number of sulfonamides is 1. The van der Waals surface area contributed by atoms with Crippen LogP contribution in [0.3, 0.4) is 0 Å². The highest BCUT2D eigenvalue weighted by molar-refractivity contribution is 7.89. The zero-order valence-electron chi connectivity index (χ0n) is 16.9. The molecule has 0 saturated carbocycles. The van der Waals surface area contributed by atoms with E-state index in [-0.39, 0.29) is 18.7 Å². The van der Waals surface area contributed by atoms with Crippen LogP contribution in [-0.4, -0.2) is 58.8 Å². The molecule has 1 saturated heterocycles. The van der Waals surface area contributed by atoms with Gasteiger partial charge in [0.1, 0.15) is 11.0 Å². The molecule has 0 aliphatic carbocycles. The van der Waals surface area contributed by atoms with E-state index in [0.717, 1.165) is 6.42 Å². The topological polar surface area (TPSA) is 99.4 Å². The van der Waals surface area contributed by atoms with Crippen molar-refractivity contribution in [3.05, 3.63) is 23.8 Å². The summed E-state index contributed by atoms with van der Waals surface area (Å²) in [5.74, 6) is 0.675. The molecule has 1 atom stereocenters. The summed E-state index contributed by atoms with van der Waals surface area (Å²) in [5, 5.41) is 4.42. The highest BCUT2D eigenvalue weighted by Gasteiger charge is 2.35. The average molecular weight is 410 g/mol. The predicted molar refractivity (Wildman–Crippen MR) is 103 cm³/mol. The summed E-state index contributed by atoms with van der Waals surface area (Å²) in [6.07, 6.45) is 4.14. The van der Waals surface area contributed by atoms with Crippen molar-refractivity contribution in [2.24, 2.45) is 0 Å². The fourth-order valence-electron chi connectivity index (χ4n) is 3.53. The molecule has 0 bridgehead atoms. The maximum absolute atomic E-state index is 13.3. The molecule has 0 amide bonds. The average Bonchev–Trinajstić information content (AvgIpc) is 2.97. The van der Waals surface area contributed by atoms with Crippen LogP contribution in [0.5, 0.6) is 11.8 Å². The monoisotopic (exact) mass is 409 g/mol. The van der Waals surface area contributed by atoms with Crippen molar-refractivity contribution in [1.29, 1.82) is 0 Å². The standard InChI is InChI=1S/C18H27N5O4S/c1-12(2)23-14(4)18(13(3)21-23)28(24,25)22-8-6-7-15(11-22)27-17-10-19-9-16(20-17)26-5/h9-10,12,15H,6-8,11H2,1-5H3. The lowest BCUT2D eigenvalue weighted by molar-refractivity contribution is 0.123. The van der Waals surface area contributed by atoms with E-state index < -0.39 is 10.0 Å². The number of hydrogen-bond acceptors (Lipinski definition) is 7. The second-order valence-corrected chi connectivity index (χ2v) is 9.06. The van der Waals surface area contributed by atoms with E-state index in [1.807, 2.05) is 13.8 Å². The lowest BCUT2D eigenvalue weighted by Crippen LogP contribution is -2.44. The first-order chi connectivity index (χ1) is 13.2. The summed E-state index contributed by atoms with van der Waals surface area (Å²) in [4.78, 5) is 8.51. The number of nitrogens with zero attached hydrogens (tertiary/aromatic N) is 5. The number of piperidine rings is 1. The highest BCUT2D eigenvalue weighted by atomic mass is 32.2. The molecule has 2 aromatic heterocycles. The van der Waals surface area contributed by atoms with Crippen LogP contribution < -0.4 is 9.47 Å². The van der Waals surface area contributed by atoms with Crippen LogP contribution in [0.2, 0.25) is 0 Å². The molecule has 1 aliphatic heterocycles. The SMILES string of the molecule is COc1cncc(OC2CCCN(S(=O)(=O)c3c(C)nn(C(C)C)c3C)C2)n1. The molecule has 0 aromatic carbocycles. The molecule has 0 spiro atoms. The third kappa shape index (κ3) is 3.97. The Bertz CT molecular complexity index is 941. The summed E-state index contributed by atoms with van der Waals surface area (Å²) in [7, 11) is -2.16. The molecule has 1 aliphatic rings. The Morgan fingerprint density at radius 1 is 1.21 bits per heavy atom. The second kappa shape index (κ2) is 8.04. The number of hydrogen-bond donors (Lipinski definition) is 0. The Balaban J connectivity index is 1.81. The van der Waals surface area contributed by atoms with E-state index in [1.165, 1.54) is 23.8 Å².